The SMILES string of the molecule is CCCCCCCCCCC(CC(C)(O)CCCCCCCCCC)C(=O)O. The van der Waals surface area contributed by atoms with E-state index in [4.69, 9.17) is 0 Å². The molecule has 0 amide bonds. The monoisotopic (exact) mass is 398 g/mol. The number of unbranched alkanes of at least 4 members (excludes halogenated alkanes) is 14. The molecular weight excluding hydrogens is 348 g/mol. The fourth-order valence-electron chi connectivity index (χ4n) is 4.11. The van der Waals surface area contributed by atoms with Crippen LogP contribution in [0.2, 0.25) is 0 Å². The van der Waals surface area contributed by atoms with Crippen molar-refractivity contribution in [3.63, 3.8) is 0 Å². The summed E-state index contributed by atoms with van der Waals surface area (Å²) in [6.07, 6.45) is 21.6. The Bertz CT molecular complexity index is 352. The molecule has 0 spiro atoms. The third-order valence-corrected chi connectivity index (χ3v) is 6.01. The third-order valence-electron chi connectivity index (χ3n) is 6.01. The lowest BCUT2D eigenvalue weighted by Crippen LogP contribution is -2.31. The third kappa shape index (κ3) is 17.5. The van der Waals surface area contributed by atoms with Crippen LogP contribution in [0.1, 0.15) is 143 Å². The second-order valence-electron chi connectivity index (χ2n) is 9.22. The van der Waals surface area contributed by atoms with Crippen LogP contribution in [0.5, 0.6) is 0 Å². The van der Waals surface area contributed by atoms with Crippen LogP contribution in [0, 0.1) is 5.92 Å². The minimum absolute atomic E-state index is 0.398. The summed E-state index contributed by atoms with van der Waals surface area (Å²) in [5.74, 6) is -1.14. The zero-order chi connectivity index (χ0) is 21.1. The van der Waals surface area contributed by atoms with Crippen molar-refractivity contribution in [3.8, 4) is 0 Å². The van der Waals surface area contributed by atoms with E-state index in [1.54, 1.807) is 0 Å². The first-order valence-corrected chi connectivity index (χ1v) is 12.4. The summed E-state index contributed by atoms with van der Waals surface area (Å²) in [6.45, 7) is 6.30. The molecule has 0 aliphatic rings. The average Bonchev–Trinajstić information content (AvgIpc) is 2.64. The summed E-state index contributed by atoms with van der Waals surface area (Å²) >= 11 is 0. The highest BCUT2D eigenvalue weighted by Crippen LogP contribution is 2.27. The Labute approximate surface area is 175 Å². The van der Waals surface area contributed by atoms with E-state index in [9.17, 15) is 15.0 Å². The lowest BCUT2D eigenvalue weighted by atomic mass is 9.85. The smallest absolute Gasteiger partial charge is 0.306 e. The molecule has 2 N–H and O–H groups in total. The fraction of sp³-hybridized carbons (Fsp3) is 0.960. The Balaban J connectivity index is 3.87. The largest absolute Gasteiger partial charge is 0.481 e. The van der Waals surface area contributed by atoms with E-state index in [1.807, 2.05) is 6.92 Å². The van der Waals surface area contributed by atoms with Gasteiger partial charge in [0, 0.05) is 0 Å². The van der Waals surface area contributed by atoms with E-state index in [1.165, 1.54) is 77.0 Å². The lowest BCUT2D eigenvalue weighted by molar-refractivity contribution is -0.144. The summed E-state index contributed by atoms with van der Waals surface area (Å²) in [5.41, 5.74) is -0.842. The molecule has 0 bridgehead atoms. The quantitative estimate of drug-likeness (QED) is 0.193. The van der Waals surface area contributed by atoms with Gasteiger partial charge in [0.15, 0.2) is 0 Å². The van der Waals surface area contributed by atoms with Crippen LogP contribution in [0.25, 0.3) is 0 Å². The first-order valence-electron chi connectivity index (χ1n) is 12.4. The Morgan fingerprint density at radius 1 is 0.714 bits per heavy atom. The number of carboxylic acid groups (broad SMARTS) is 1. The maximum atomic E-state index is 11.6. The molecule has 168 valence electrons. The van der Waals surface area contributed by atoms with Gasteiger partial charge in [0.05, 0.1) is 11.5 Å². The Kier molecular flexibility index (Phi) is 18.1. The molecular formula is C25H50O3. The summed E-state index contributed by atoms with van der Waals surface area (Å²) < 4.78 is 0. The molecule has 0 radical (unpaired) electrons. The van der Waals surface area contributed by atoms with Gasteiger partial charge in [-0.3, -0.25) is 4.79 Å². The van der Waals surface area contributed by atoms with Crippen molar-refractivity contribution in [2.24, 2.45) is 5.92 Å². The van der Waals surface area contributed by atoms with Gasteiger partial charge in [-0.25, -0.2) is 0 Å². The Morgan fingerprint density at radius 2 is 1.11 bits per heavy atom. The second-order valence-corrected chi connectivity index (χ2v) is 9.22. The van der Waals surface area contributed by atoms with E-state index < -0.39 is 17.5 Å². The lowest BCUT2D eigenvalue weighted by Gasteiger charge is -2.27. The molecule has 28 heavy (non-hydrogen) atoms. The van der Waals surface area contributed by atoms with E-state index in [0.29, 0.717) is 12.8 Å². The van der Waals surface area contributed by atoms with Gasteiger partial charge in [-0.15, -0.1) is 0 Å². The van der Waals surface area contributed by atoms with E-state index in [-0.39, 0.29) is 0 Å². The van der Waals surface area contributed by atoms with Gasteiger partial charge in [0.2, 0.25) is 0 Å². The highest BCUT2D eigenvalue weighted by atomic mass is 16.4. The summed E-state index contributed by atoms with van der Waals surface area (Å²) in [4.78, 5) is 11.6. The van der Waals surface area contributed by atoms with Crippen molar-refractivity contribution in [3.05, 3.63) is 0 Å². The molecule has 0 aromatic heterocycles. The van der Waals surface area contributed by atoms with Crippen LogP contribution in [0.4, 0.5) is 0 Å². The number of hydrogen-bond acceptors (Lipinski definition) is 2. The minimum atomic E-state index is -0.842. The molecule has 0 saturated heterocycles. The summed E-state index contributed by atoms with van der Waals surface area (Å²) in [5, 5.41) is 20.2. The van der Waals surface area contributed by atoms with Crippen molar-refractivity contribution in [2.45, 2.75) is 148 Å². The predicted molar refractivity (Wildman–Crippen MR) is 121 cm³/mol. The van der Waals surface area contributed by atoms with E-state index in [2.05, 4.69) is 13.8 Å². The molecule has 0 aromatic rings. The molecule has 0 rings (SSSR count). The van der Waals surface area contributed by atoms with Crippen molar-refractivity contribution >= 4 is 5.97 Å². The Morgan fingerprint density at radius 3 is 1.54 bits per heavy atom. The molecule has 0 saturated carbocycles. The summed E-state index contributed by atoms with van der Waals surface area (Å²) in [6, 6.07) is 0. The summed E-state index contributed by atoms with van der Waals surface area (Å²) in [7, 11) is 0. The number of hydrogen-bond donors (Lipinski definition) is 2. The number of aliphatic hydroxyl groups is 1. The molecule has 2 unspecified atom stereocenters. The molecule has 0 fully saturated rings. The zero-order valence-corrected chi connectivity index (χ0v) is 19.3. The minimum Gasteiger partial charge on any atom is -0.481 e. The van der Waals surface area contributed by atoms with Crippen LogP contribution < -0.4 is 0 Å². The van der Waals surface area contributed by atoms with Gasteiger partial charge in [0.1, 0.15) is 0 Å². The van der Waals surface area contributed by atoms with Crippen LogP contribution in [0.15, 0.2) is 0 Å². The van der Waals surface area contributed by atoms with Crippen LogP contribution in [-0.4, -0.2) is 21.8 Å². The maximum absolute atomic E-state index is 11.6. The van der Waals surface area contributed by atoms with Gasteiger partial charge in [-0.05, 0) is 26.2 Å². The van der Waals surface area contributed by atoms with Crippen molar-refractivity contribution in [2.75, 3.05) is 0 Å². The van der Waals surface area contributed by atoms with Crippen LogP contribution in [0.3, 0.4) is 0 Å². The second kappa shape index (κ2) is 18.5. The number of carboxylic acids is 1. The van der Waals surface area contributed by atoms with E-state index >= 15 is 0 Å². The van der Waals surface area contributed by atoms with E-state index in [0.717, 1.165) is 32.1 Å². The molecule has 0 heterocycles. The zero-order valence-electron chi connectivity index (χ0n) is 19.3. The molecule has 3 heteroatoms. The highest BCUT2D eigenvalue weighted by molar-refractivity contribution is 5.70. The highest BCUT2D eigenvalue weighted by Gasteiger charge is 2.28. The van der Waals surface area contributed by atoms with Gasteiger partial charge in [-0.1, -0.05) is 117 Å². The first kappa shape index (κ1) is 27.4. The van der Waals surface area contributed by atoms with Crippen molar-refractivity contribution in [1.29, 1.82) is 0 Å². The van der Waals surface area contributed by atoms with Crippen molar-refractivity contribution < 1.29 is 15.0 Å². The van der Waals surface area contributed by atoms with Crippen LogP contribution >= 0.6 is 0 Å². The fourth-order valence-corrected chi connectivity index (χ4v) is 4.11. The molecule has 0 aliphatic heterocycles. The average molecular weight is 399 g/mol. The van der Waals surface area contributed by atoms with Gasteiger partial charge in [0.25, 0.3) is 0 Å². The normalized spacial score (nSPS) is 14.7. The molecule has 0 aromatic carbocycles. The maximum Gasteiger partial charge on any atom is 0.306 e. The number of carbonyl (C=O) groups is 1. The standard InChI is InChI=1S/C25H50O3/c1-4-6-8-10-12-14-16-18-20-23(24(26)27)22-25(3,28)21-19-17-15-13-11-9-7-5-2/h23,28H,4-22H2,1-3H3,(H,26,27). The number of aliphatic carboxylic acids is 1. The van der Waals surface area contributed by atoms with Gasteiger partial charge in [-0.2, -0.15) is 0 Å². The van der Waals surface area contributed by atoms with Crippen LogP contribution in [-0.2, 0) is 4.79 Å². The Hall–Kier alpha value is -0.570. The van der Waals surface area contributed by atoms with Gasteiger partial charge >= 0.3 is 5.97 Å². The molecule has 2 atom stereocenters. The topological polar surface area (TPSA) is 57.5 Å². The van der Waals surface area contributed by atoms with Gasteiger partial charge < -0.3 is 10.2 Å². The molecule has 0 aliphatic carbocycles. The number of rotatable bonds is 21. The van der Waals surface area contributed by atoms with Crippen molar-refractivity contribution in [1.82, 2.24) is 0 Å². The molecule has 3 nitrogen and oxygen atoms in total. The first-order chi connectivity index (χ1) is 13.4. The predicted octanol–water partition coefficient (Wildman–Crippen LogP) is 7.89.